The molecule has 3 aliphatic rings. The van der Waals surface area contributed by atoms with Crippen molar-refractivity contribution in [3.63, 3.8) is 0 Å². The third kappa shape index (κ3) is 5.49. The SMILES string of the molecule is C=CCC1CCC(c2ccc([C@H]3CC[C@H]([C@H]4CC[C@H](CC=C)CC4)CC3)cc2)CC1. The quantitative estimate of drug-likeness (QED) is 0.397. The molecule has 0 bridgehead atoms. The summed E-state index contributed by atoms with van der Waals surface area (Å²) >= 11 is 0. The first-order valence-electron chi connectivity index (χ1n) is 13.1. The molecule has 3 saturated carbocycles. The van der Waals surface area contributed by atoms with E-state index in [1.54, 1.807) is 11.1 Å². The fourth-order valence-electron chi connectivity index (χ4n) is 7.06. The molecule has 3 fully saturated rings. The average Bonchev–Trinajstić information content (AvgIpc) is 2.81. The Labute approximate surface area is 186 Å². The smallest absolute Gasteiger partial charge is 0.0162 e. The van der Waals surface area contributed by atoms with Crippen LogP contribution in [0.25, 0.3) is 0 Å². The summed E-state index contributed by atoms with van der Waals surface area (Å²) in [5.41, 5.74) is 3.22. The predicted octanol–water partition coefficient (Wildman–Crippen LogP) is 9.19. The van der Waals surface area contributed by atoms with Crippen molar-refractivity contribution in [2.45, 2.75) is 102 Å². The Morgan fingerprint density at radius 1 is 0.533 bits per heavy atom. The van der Waals surface area contributed by atoms with Crippen LogP contribution in [0, 0.1) is 23.7 Å². The van der Waals surface area contributed by atoms with Crippen LogP contribution >= 0.6 is 0 Å². The van der Waals surface area contributed by atoms with Crippen LogP contribution in [0.5, 0.6) is 0 Å². The van der Waals surface area contributed by atoms with Crippen LogP contribution in [0.3, 0.4) is 0 Å². The van der Waals surface area contributed by atoms with Gasteiger partial charge in [-0.3, -0.25) is 0 Å². The molecule has 164 valence electrons. The standard InChI is InChI=1S/C30H44/c1-3-5-23-7-11-25(12-8-23)27-15-19-29(20-16-27)30-21-17-28(18-22-30)26-13-9-24(6-4-2)10-14-26/h3-4,15-16,19-20,23-26,28,30H,1-2,5-14,17-18,21-22H2/t23?,24-,25?,26-,28-,30-. The van der Waals surface area contributed by atoms with Crippen molar-refractivity contribution >= 4 is 0 Å². The molecule has 30 heavy (non-hydrogen) atoms. The van der Waals surface area contributed by atoms with E-state index in [4.69, 9.17) is 0 Å². The third-order valence-corrected chi connectivity index (χ3v) is 9.06. The number of benzene rings is 1. The second-order valence-electron chi connectivity index (χ2n) is 10.8. The molecule has 0 aromatic heterocycles. The van der Waals surface area contributed by atoms with E-state index >= 15 is 0 Å². The first-order valence-corrected chi connectivity index (χ1v) is 13.1. The summed E-state index contributed by atoms with van der Waals surface area (Å²) in [4.78, 5) is 0. The van der Waals surface area contributed by atoms with Crippen molar-refractivity contribution in [1.82, 2.24) is 0 Å². The van der Waals surface area contributed by atoms with Gasteiger partial charge in [-0.2, -0.15) is 0 Å². The fraction of sp³-hybridized carbons (Fsp3) is 0.667. The molecule has 0 aliphatic heterocycles. The van der Waals surface area contributed by atoms with E-state index in [1.807, 2.05) is 0 Å². The van der Waals surface area contributed by atoms with Gasteiger partial charge in [-0.1, -0.05) is 36.4 Å². The average molecular weight is 405 g/mol. The van der Waals surface area contributed by atoms with E-state index in [1.165, 1.54) is 89.9 Å². The van der Waals surface area contributed by atoms with Crippen molar-refractivity contribution in [2.75, 3.05) is 0 Å². The molecule has 0 spiro atoms. The van der Waals surface area contributed by atoms with Crippen LogP contribution in [-0.4, -0.2) is 0 Å². The molecule has 0 N–H and O–H groups in total. The highest BCUT2D eigenvalue weighted by Gasteiger charge is 2.31. The fourth-order valence-corrected chi connectivity index (χ4v) is 7.06. The Morgan fingerprint density at radius 2 is 0.867 bits per heavy atom. The minimum Gasteiger partial charge on any atom is -0.103 e. The van der Waals surface area contributed by atoms with Gasteiger partial charge in [-0.05, 0) is 137 Å². The summed E-state index contributed by atoms with van der Waals surface area (Å²) in [5.74, 6) is 5.47. The van der Waals surface area contributed by atoms with Gasteiger partial charge in [0.05, 0.1) is 0 Å². The zero-order chi connectivity index (χ0) is 20.8. The minimum absolute atomic E-state index is 0.798. The number of rotatable bonds is 7. The summed E-state index contributed by atoms with van der Waals surface area (Å²) < 4.78 is 0. The second-order valence-corrected chi connectivity index (χ2v) is 10.8. The highest BCUT2D eigenvalue weighted by Crippen LogP contribution is 2.45. The van der Waals surface area contributed by atoms with Gasteiger partial charge in [0.2, 0.25) is 0 Å². The summed E-state index contributed by atoms with van der Waals surface area (Å²) in [5, 5.41) is 0. The molecular formula is C30H44. The van der Waals surface area contributed by atoms with E-state index in [9.17, 15) is 0 Å². The summed E-state index contributed by atoms with van der Waals surface area (Å²) in [6, 6.07) is 9.91. The van der Waals surface area contributed by atoms with Crippen LogP contribution in [0.2, 0.25) is 0 Å². The van der Waals surface area contributed by atoms with Gasteiger partial charge in [-0.15, -0.1) is 13.2 Å². The van der Waals surface area contributed by atoms with E-state index in [-0.39, 0.29) is 0 Å². The van der Waals surface area contributed by atoms with Crippen LogP contribution in [0.4, 0.5) is 0 Å². The molecule has 3 aliphatic carbocycles. The maximum Gasteiger partial charge on any atom is -0.0162 e. The topological polar surface area (TPSA) is 0 Å². The van der Waals surface area contributed by atoms with Crippen molar-refractivity contribution in [3.8, 4) is 0 Å². The zero-order valence-corrected chi connectivity index (χ0v) is 19.2. The van der Waals surface area contributed by atoms with Crippen molar-refractivity contribution in [2.24, 2.45) is 23.7 Å². The Balaban J connectivity index is 1.23. The first-order chi connectivity index (χ1) is 14.8. The molecule has 0 atom stereocenters. The number of hydrogen-bond acceptors (Lipinski definition) is 0. The normalized spacial score (nSPS) is 34.9. The predicted molar refractivity (Wildman–Crippen MR) is 131 cm³/mol. The summed E-state index contributed by atoms with van der Waals surface area (Å²) in [6.45, 7) is 7.86. The highest BCUT2D eigenvalue weighted by atomic mass is 14.4. The zero-order valence-electron chi connectivity index (χ0n) is 19.2. The maximum absolute atomic E-state index is 3.94. The largest absolute Gasteiger partial charge is 0.103 e. The van der Waals surface area contributed by atoms with Crippen molar-refractivity contribution in [1.29, 1.82) is 0 Å². The lowest BCUT2D eigenvalue weighted by molar-refractivity contribution is 0.160. The number of hydrogen-bond donors (Lipinski definition) is 0. The molecule has 0 amide bonds. The minimum atomic E-state index is 0.798. The van der Waals surface area contributed by atoms with E-state index in [0.29, 0.717) is 0 Å². The Kier molecular flexibility index (Phi) is 7.91. The van der Waals surface area contributed by atoms with Gasteiger partial charge in [0.1, 0.15) is 0 Å². The molecular weight excluding hydrogens is 360 g/mol. The highest BCUT2D eigenvalue weighted by molar-refractivity contribution is 5.28. The summed E-state index contributed by atoms with van der Waals surface area (Å²) in [7, 11) is 0. The molecule has 0 unspecified atom stereocenters. The van der Waals surface area contributed by atoms with Gasteiger partial charge in [0.15, 0.2) is 0 Å². The Morgan fingerprint density at radius 3 is 1.27 bits per heavy atom. The van der Waals surface area contributed by atoms with Crippen molar-refractivity contribution < 1.29 is 0 Å². The molecule has 0 heterocycles. The lowest BCUT2D eigenvalue weighted by atomic mass is 9.68. The van der Waals surface area contributed by atoms with Crippen molar-refractivity contribution in [3.05, 3.63) is 60.7 Å². The molecule has 0 saturated heterocycles. The van der Waals surface area contributed by atoms with Crippen LogP contribution in [0.15, 0.2) is 49.6 Å². The van der Waals surface area contributed by atoms with E-state index in [0.717, 1.165) is 35.5 Å². The molecule has 1 aromatic carbocycles. The van der Waals surface area contributed by atoms with Crippen LogP contribution in [-0.2, 0) is 0 Å². The summed E-state index contributed by atoms with van der Waals surface area (Å²) in [6.07, 6.45) is 23.9. The van der Waals surface area contributed by atoms with E-state index in [2.05, 4.69) is 49.6 Å². The van der Waals surface area contributed by atoms with Gasteiger partial charge in [-0.25, -0.2) is 0 Å². The molecule has 0 radical (unpaired) electrons. The van der Waals surface area contributed by atoms with Crippen LogP contribution in [0.1, 0.15) is 113 Å². The molecule has 0 heteroatoms. The monoisotopic (exact) mass is 404 g/mol. The van der Waals surface area contributed by atoms with Gasteiger partial charge >= 0.3 is 0 Å². The lowest BCUT2D eigenvalue weighted by Gasteiger charge is -2.38. The lowest BCUT2D eigenvalue weighted by Crippen LogP contribution is -2.25. The molecule has 1 aromatic rings. The molecule has 4 rings (SSSR count). The Hall–Kier alpha value is -1.30. The molecule has 0 nitrogen and oxygen atoms in total. The van der Waals surface area contributed by atoms with E-state index < -0.39 is 0 Å². The van der Waals surface area contributed by atoms with Gasteiger partial charge < -0.3 is 0 Å². The Bertz CT molecular complexity index is 644. The third-order valence-electron chi connectivity index (χ3n) is 9.06. The number of allylic oxidation sites excluding steroid dienone is 2. The van der Waals surface area contributed by atoms with Gasteiger partial charge in [0.25, 0.3) is 0 Å². The van der Waals surface area contributed by atoms with Crippen LogP contribution < -0.4 is 0 Å². The first kappa shape index (κ1) is 21.9. The second kappa shape index (κ2) is 10.8. The maximum atomic E-state index is 3.94. The van der Waals surface area contributed by atoms with Gasteiger partial charge in [0, 0.05) is 0 Å².